The van der Waals surface area contributed by atoms with E-state index in [0.29, 0.717) is 11.6 Å². The Labute approximate surface area is 111 Å². The molecule has 0 saturated heterocycles. The molecule has 0 saturated carbocycles. The minimum Gasteiger partial charge on any atom is -0.382 e. The highest BCUT2D eigenvalue weighted by Gasteiger charge is 2.22. The van der Waals surface area contributed by atoms with Gasteiger partial charge < -0.3 is 10.6 Å². The van der Waals surface area contributed by atoms with Crippen LogP contribution in [0, 0.1) is 12.3 Å². The van der Waals surface area contributed by atoms with Crippen LogP contribution in [0.3, 0.4) is 0 Å². The third kappa shape index (κ3) is 2.03. The van der Waals surface area contributed by atoms with Gasteiger partial charge in [-0.1, -0.05) is 18.2 Å². The van der Waals surface area contributed by atoms with E-state index in [-0.39, 0.29) is 5.84 Å². The predicted octanol–water partition coefficient (Wildman–Crippen LogP) is 1.76. The predicted molar refractivity (Wildman–Crippen MR) is 74.9 cm³/mol. The molecule has 0 bridgehead atoms. The Balaban J connectivity index is 2.07. The molecule has 5 nitrogen and oxygen atoms in total. The number of nitrogen functional groups attached to an aromatic ring is 1. The molecule has 2 heterocycles. The van der Waals surface area contributed by atoms with E-state index in [0.717, 1.165) is 24.3 Å². The topological polar surface area (TPSA) is 78.9 Å². The Morgan fingerprint density at radius 1 is 1.32 bits per heavy atom. The molecule has 19 heavy (non-hydrogen) atoms. The first-order chi connectivity index (χ1) is 9.15. The largest absolute Gasteiger partial charge is 0.382 e. The van der Waals surface area contributed by atoms with Crippen molar-refractivity contribution in [1.82, 2.24) is 9.97 Å². The summed E-state index contributed by atoms with van der Waals surface area (Å²) < 4.78 is 0. The summed E-state index contributed by atoms with van der Waals surface area (Å²) in [6, 6.07) is 9.98. The van der Waals surface area contributed by atoms with Gasteiger partial charge in [0.25, 0.3) is 0 Å². The molecule has 0 atom stereocenters. The maximum atomic E-state index is 7.51. The number of benzene rings is 1. The second-order valence-electron chi connectivity index (χ2n) is 4.64. The van der Waals surface area contributed by atoms with Crippen LogP contribution in [-0.2, 0) is 6.42 Å². The number of nitrogens with two attached hydrogens (primary N) is 1. The van der Waals surface area contributed by atoms with Crippen molar-refractivity contribution in [2.45, 2.75) is 13.3 Å². The minimum absolute atomic E-state index is 0.0285. The van der Waals surface area contributed by atoms with Crippen LogP contribution in [0.25, 0.3) is 0 Å². The number of hydrogen-bond acceptors (Lipinski definition) is 4. The lowest BCUT2D eigenvalue weighted by molar-refractivity contribution is 0.925. The lowest BCUT2D eigenvalue weighted by atomic mass is 10.2. The fourth-order valence-electron chi connectivity index (χ4n) is 2.36. The summed E-state index contributed by atoms with van der Waals surface area (Å²) in [6.07, 6.45) is 0.989. The number of rotatable bonds is 2. The summed E-state index contributed by atoms with van der Waals surface area (Å²) in [6.45, 7) is 2.75. The third-order valence-corrected chi connectivity index (χ3v) is 3.25. The van der Waals surface area contributed by atoms with Crippen LogP contribution in [0.5, 0.6) is 0 Å². The van der Waals surface area contributed by atoms with Crippen molar-refractivity contribution in [2.24, 2.45) is 5.73 Å². The zero-order chi connectivity index (χ0) is 13.4. The van der Waals surface area contributed by atoms with Gasteiger partial charge in [-0.25, -0.2) is 9.97 Å². The molecule has 0 amide bonds. The highest BCUT2D eigenvalue weighted by Crippen LogP contribution is 2.32. The molecule has 0 aliphatic carbocycles. The lowest BCUT2D eigenvalue weighted by Crippen LogP contribution is -2.20. The molecule has 5 heteroatoms. The van der Waals surface area contributed by atoms with Gasteiger partial charge >= 0.3 is 0 Å². The number of hydrogen-bond donors (Lipinski definition) is 2. The van der Waals surface area contributed by atoms with Crippen LogP contribution in [-0.4, -0.2) is 22.3 Å². The highest BCUT2D eigenvalue weighted by molar-refractivity contribution is 5.93. The van der Waals surface area contributed by atoms with Gasteiger partial charge in [-0.3, -0.25) is 5.41 Å². The average Bonchev–Trinajstić information content (AvgIpc) is 2.81. The van der Waals surface area contributed by atoms with Gasteiger partial charge in [0.1, 0.15) is 11.5 Å². The molecule has 1 aromatic heterocycles. The number of anilines is 2. The molecule has 0 unspecified atom stereocenters. The van der Waals surface area contributed by atoms with E-state index in [2.05, 4.69) is 27.0 Å². The van der Waals surface area contributed by atoms with Crippen molar-refractivity contribution in [2.75, 3.05) is 11.4 Å². The molecule has 0 fully saturated rings. The molecular weight excluding hydrogens is 238 g/mol. The second kappa shape index (κ2) is 4.35. The van der Waals surface area contributed by atoms with Crippen molar-refractivity contribution in [3.63, 3.8) is 0 Å². The summed E-state index contributed by atoms with van der Waals surface area (Å²) >= 11 is 0. The van der Waals surface area contributed by atoms with Crippen LogP contribution in [0.2, 0.25) is 0 Å². The van der Waals surface area contributed by atoms with Crippen molar-refractivity contribution in [1.29, 1.82) is 5.41 Å². The van der Waals surface area contributed by atoms with Crippen LogP contribution < -0.4 is 10.6 Å². The average molecular weight is 253 g/mol. The van der Waals surface area contributed by atoms with Crippen LogP contribution in [0.1, 0.15) is 17.0 Å². The summed E-state index contributed by atoms with van der Waals surface area (Å²) in [5.74, 6) is 0.592. The molecule has 0 radical (unpaired) electrons. The van der Waals surface area contributed by atoms with E-state index in [9.17, 15) is 0 Å². The maximum Gasteiger partial charge on any atom is 0.230 e. The number of aromatic nitrogens is 2. The van der Waals surface area contributed by atoms with E-state index in [1.54, 1.807) is 6.07 Å². The fourth-order valence-corrected chi connectivity index (χ4v) is 2.36. The summed E-state index contributed by atoms with van der Waals surface area (Å²) in [7, 11) is 0. The first-order valence-corrected chi connectivity index (χ1v) is 6.20. The normalized spacial score (nSPS) is 13.4. The molecule has 1 aliphatic rings. The van der Waals surface area contributed by atoms with Crippen molar-refractivity contribution < 1.29 is 0 Å². The Bertz CT molecular complexity index is 650. The monoisotopic (exact) mass is 253 g/mol. The van der Waals surface area contributed by atoms with E-state index >= 15 is 0 Å². The molecule has 96 valence electrons. The summed E-state index contributed by atoms with van der Waals surface area (Å²) in [5.41, 5.74) is 9.26. The van der Waals surface area contributed by atoms with Gasteiger partial charge in [0, 0.05) is 17.9 Å². The van der Waals surface area contributed by atoms with Gasteiger partial charge in [0.2, 0.25) is 5.95 Å². The Morgan fingerprint density at radius 3 is 2.89 bits per heavy atom. The molecule has 3 N–H and O–H groups in total. The maximum absolute atomic E-state index is 7.51. The first kappa shape index (κ1) is 11.6. The molecule has 0 spiro atoms. The van der Waals surface area contributed by atoms with E-state index in [1.807, 2.05) is 19.1 Å². The van der Waals surface area contributed by atoms with Gasteiger partial charge in [0.05, 0.1) is 0 Å². The van der Waals surface area contributed by atoms with Crippen LogP contribution >= 0.6 is 0 Å². The third-order valence-electron chi connectivity index (χ3n) is 3.25. The molecule has 1 aromatic carbocycles. The van der Waals surface area contributed by atoms with Crippen molar-refractivity contribution >= 4 is 17.5 Å². The van der Waals surface area contributed by atoms with E-state index < -0.39 is 0 Å². The molecular formula is C14H15N5. The lowest BCUT2D eigenvalue weighted by Gasteiger charge is -2.18. The van der Waals surface area contributed by atoms with Gasteiger partial charge in [-0.2, -0.15) is 0 Å². The summed E-state index contributed by atoms with van der Waals surface area (Å²) in [4.78, 5) is 10.9. The van der Waals surface area contributed by atoms with Crippen molar-refractivity contribution in [3.8, 4) is 0 Å². The number of para-hydroxylation sites is 1. The smallest absolute Gasteiger partial charge is 0.230 e. The number of nitrogens with zero attached hydrogens (tertiary/aromatic N) is 3. The van der Waals surface area contributed by atoms with Crippen LogP contribution in [0.15, 0.2) is 30.3 Å². The number of fused-ring (bicyclic) bond motifs is 1. The highest BCUT2D eigenvalue weighted by atomic mass is 15.3. The fraction of sp³-hybridized carbons (Fsp3) is 0.214. The second-order valence-corrected chi connectivity index (χ2v) is 4.64. The molecule has 2 aromatic rings. The number of aryl methyl sites for hydroxylation is 1. The standard InChI is InChI=1S/C14H15N5/c1-9-8-11(13(15)16)18-14(17-9)19-7-6-10-4-2-3-5-12(10)19/h2-5,8H,6-7H2,1H3,(H3,15,16). The zero-order valence-corrected chi connectivity index (χ0v) is 10.7. The minimum atomic E-state index is -0.0285. The van der Waals surface area contributed by atoms with Crippen LogP contribution in [0.4, 0.5) is 11.6 Å². The SMILES string of the molecule is Cc1cc(C(=N)N)nc(N2CCc3ccccc32)n1. The molecule has 1 aliphatic heterocycles. The van der Waals surface area contributed by atoms with Crippen molar-refractivity contribution in [3.05, 3.63) is 47.3 Å². The summed E-state index contributed by atoms with van der Waals surface area (Å²) in [5, 5.41) is 7.51. The number of nitrogens with one attached hydrogen (secondary N) is 1. The van der Waals surface area contributed by atoms with Gasteiger partial charge in [0.15, 0.2) is 0 Å². The van der Waals surface area contributed by atoms with E-state index in [1.165, 1.54) is 5.56 Å². The Hall–Kier alpha value is -2.43. The Morgan fingerprint density at radius 2 is 2.11 bits per heavy atom. The quantitative estimate of drug-likeness (QED) is 0.631. The Kier molecular flexibility index (Phi) is 2.67. The van der Waals surface area contributed by atoms with E-state index in [4.69, 9.17) is 11.1 Å². The first-order valence-electron chi connectivity index (χ1n) is 6.20. The molecule has 3 rings (SSSR count). The zero-order valence-electron chi connectivity index (χ0n) is 10.7. The van der Waals surface area contributed by atoms with Gasteiger partial charge in [-0.15, -0.1) is 0 Å². The van der Waals surface area contributed by atoms with Gasteiger partial charge in [-0.05, 0) is 31.0 Å². The number of amidine groups is 1.